The van der Waals surface area contributed by atoms with Gasteiger partial charge in [0.05, 0.1) is 25.4 Å². The van der Waals surface area contributed by atoms with Gasteiger partial charge >= 0.3 is 5.97 Å². The first-order valence-electron chi connectivity index (χ1n) is 5.82. The van der Waals surface area contributed by atoms with Crippen molar-refractivity contribution in [2.24, 2.45) is 5.41 Å². The van der Waals surface area contributed by atoms with E-state index in [2.05, 4.69) is 0 Å². The zero-order chi connectivity index (χ0) is 13.1. The van der Waals surface area contributed by atoms with Gasteiger partial charge in [0.1, 0.15) is 0 Å². The number of carbonyl (C=O) groups excluding carboxylic acids is 2. The van der Waals surface area contributed by atoms with Crippen LogP contribution < -0.4 is 0 Å². The van der Waals surface area contributed by atoms with E-state index in [0.717, 1.165) is 0 Å². The minimum absolute atomic E-state index is 0.00530. The number of hydrogen-bond acceptors (Lipinski definition) is 5. The molecule has 1 heterocycles. The van der Waals surface area contributed by atoms with Crippen molar-refractivity contribution in [2.75, 3.05) is 19.8 Å². The number of ether oxygens (including phenoxy) is 2. The first-order valence-corrected chi connectivity index (χ1v) is 5.82. The van der Waals surface area contributed by atoms with Crippen LogP contribution in [0.2, 0.25) is 0 Å². The van der Waals surface area contributed by atoms with Crippen molar-refractivity contribution < 1.29 is 24.2 Å². The third-order valence-electron chi connectivity index (χ3n) is 2.76. The molecule has 0 radical (unpaired) electrons. The van der Waals surface area contributed by atoms with E-state index in [1.54, 1.807) is 20.8 Å². The molecule has 0 saturated carbocycles. The average molecular weight is 244 g/mol. The fourth-order valence-corrected chi connectivity index (χ4v) is 2.13. The third-order valence-corrected chi connectivity index (χ3v) is 2.76. The highest BCUT2D eigenvalue weighted by atomic mass is 16.5. The van der Waals surface area contributed by atoms with E-state index in [1.165, 1.54) is 0 Å². The second-order valence-electron chi connectivity index (χ2n) is 5.02. The smallest absolute Gasteiger partial charge is 0.322 e. The number of aliphatic hydroxyl groups is 1. The summed E-state index contributed by atoms with van der Waals surface area (Å²) in [6, 6.07) is 0. The second kappa shape index (κ2) is 5.14. The summed E-state index contributed by atoms with van der Waals surface area (Å²) in [5, 5.41) is 9.85. The molecule has 0 aromatic rings. The summed E-state index contributed by atoms with van der Waals surface area (Å²) in [4.78, 5) is 24.0. The first-order chi connectivity index (χ1) is 7.82. The van der Waals surface area contributed by atoms with Gasteiger partial charge in [0, 0.05) is 12.8 Å². The van der Waals surface area contributed by atoms with Crippen molar-refractivity contribution in [1.82, 2.24) is 0 Å². The average Bonchev–Trinajstić information content (AvgIpc) is 2.20. The van der Waals surface area contributed by atoms with Crippen LogP contribution in [0.5, 0.6) is 0 Å². The fraction of sp³-hybridized carbons (Fsp3) is 0.833. The Bertz CT molecular complexity index is 305. The molecule has 1 rings (SSSR count). The van der Waals surface area contributed by atoms with E-state index < -0.39 is 17.0 Å². The molecule has 0 aliphatic carbocycles. The van der Waals surface area contributed by atoms with Crippen molar-refractivity contribution in [2.45, 2.75) is 39.2 Å². The standard InChI is InChI=1S/C12H20O5/c1-4-17-10(14)12(7-11(2,3)15)8-16-6-5-9(12)13/h15H,4-8H2,1-3H3. The Morgan fingerprint density at radius 3 is 2.71 bits per heavy atom. The predicted octanol–water partition coefficient (Wildman–Crippen LogP) is 0.686. The molecule has 1 atom stereocenters. The van der Waals surface area contributed by atoms with Gasteiger partial charge in [0.2, 0.25) is 0 Å². The number of Topliss-reactive ketones (excluding diaryl/α,β-unsaturated/α-hetero) is 1. The zero-order valence-corrected chi connectivity index (χ0v) is 10.6. The van der Waals surface area contributed by atoms with Crippen LogP contribution in [0.1, 0.15) is 33.6 Å². The molecule has 5 nitrogen and oxygen atoms in total. The minimum atomic E-state index is -1.34. The van der Waals surface area contributed by atoms with E-state index in [4.69, 9.17) is 9.47 Å². The SMILES string of the molecule is CCOC(=O)C1(CC(C)(C)O)COCCC1=O. The lowest BCUT2D eigenvalue weighted by Crippen LogP contribution is -2.51. The van der Waals surface area contributed by atoms with Gasteiger partial charge < -0.3 is 14.6 Å². The summed E-state index contributed by atoms with van der Waals surface area (Å²) in [5.41, 5.74) is -2.46. The van der Waals surface area contributed by atoms with Crippen LogP contribution in [0.4, 0.5) is 0 Å². The monoisotopic (exact) mass is 244 g/mol. The largest absolute Gasteiger partial charge is 0.465 e. The Labute approximate surface area is 101 Å². The molecular formula is C12H20O5. The molecule has 5 heteroatoms. The molecule has 1 aliphatic heterocycles. The Balaban J connectivity index is 2.98. The molecule has 1 fully saturated rings. The van der Waals surface area contributed by atoms with Gasteiger partial charge in [-0.2, -0.15) is 0 Å². The van der Waals surface area contributed by atoms with Crippen LogP contribution in [-0.2, 0) is 19.1 Å². The lowest BCUT2D eigenvalue weighted by atomic mass is 9.73. The van der Waals surface area contributed by atoms with Crippen LogP contribution in [0, 0.1) is 5.41 Å². The van der Waals surface area contributed by atoms with Gasteiger partial charge in [0.25, 0.3) is 0 Å². The molecule has 1 unspecified atom stereocenters. The number of ketones is 1. The van der Waals surface area contributed by atoms with Crippen LogP contribution in [0.15, 0.2) is 0 Å². The lowest BCUT2D eigenvalue weighted by Gasteiger charge is -2.36. The molecular weight excluding hydrogens is 224 g/mol. The van der Waals surface area contributed by atoms with Crippen molar-refractivity contribution in [1.29, 1.82) is 0 Å². The summed E-state index contributed by atoms with van der Waals surface area (Å²) in [6.45, 7) is 5.34. The highest BCUT2D eigenvalue weighted by Crippen LogP contribution is 2.35. The second-order valence-corrected chi connectivity index (χ2v) is 5.02. The Hall–Kier alpha value is -0.940. The lowest BCUT2D eigenvalue weighted by molar-refractivity contribution is -0.174. The fourth-order valence-electron chi connectivity index (χ4n) is 2.13. The molecule has 0 amide bonds. The zero-order valence-electron chi connectivity index (χ0n) is 10.6. The number of carbonyl (C=O) groups is 2. The van der Waals surface area contributed by atoms with Crippen molar-refractivity contribution in [3.8, 4) is 0 Å². The topological polar surface area (TPSA) is 72.8 Å². The minimum Gasteiger partial charge on any atom is -0.465 e. The summed E-state index contributed by atoms with van der Waals surface area (Å²) in [6.07, 6.45) is 0.215. The van der Waals surface area contributed by atoms with Gasteiger partial charge in [0.15, 0.2) is 11.2 Å². The van der Waals surface area contributed by atoms with Crippen molar-refractivity contribution in [3.63, 3.8) is 0 Å². The van der Waals surface area contributed by atoms with E-state index in [1.807, 2.05) is 0 Å². The number of hydrogen-bond donors (Lipinski definition) is 1. The maximum Gasteiger partial charge on any atom is 0.322 e. The molecule has 1 N–H and O–H groups in total. The maximum absolute atomic E-state index is 12.0. The van der Waals surface area contributed by atoms with Crippen LogP contribution >= 0.6 is 0 Å². The van der Waals surface area contributed by atoms with Crippen molar-refractivity contribution in [3.05, 3.63) is 0 Å². The third kappa shape index (κ3) is 3.26. The van der Waals surface area contributed by atoms with Crippen LogP contribution in [0.3, 0.4) is 0 Å². The Kier molecular flexibility index (Phi) is 4.27. The van der Waals surface area contributed by atoms with Gasteiger partial charge in [-0.3, -0.25) is 9.59 Å². The molecule has 0 aromatic heterocycles. The number of rotatable bonds is 4. The summed E-state index contributed by atoms with van der Waals surface area (Å²) < 4.78 is 10.2. The van der Waals surface area contributed by atoms with Gasteiger partial charge in [-0.15, -0.1) is 0 Å². The Morgan fingerprint density at radius 2 is 2.24 bits per heavy atom. The molecule has 17 heavy (non-hydrogen) atoms. The Morgan fingerprint density at radius 1 is 1.59 bits per heavy atom. The van der Waals surface area contributed by atoms with E-state index in [9.17, 15) is 14.7 Å². The maximum atomic E-state index is 12.0. The van der Waals surface area contributed by atoms with Gasteiger partial charge in [-0.25, -0.2) is 0 Å². The molecule has 1 aliphatic rings. The van der Waals surface area contributed by atoms with Gasteiger partial charge in [-0.1, -0.05) is 0 Å². The molecule has 0 spiro atoms. The quantitative estimate of drug-likeness (QED) is 0.581. The first kappa shape index (κ1) is 14.1. The predicted molar refractivity (Wildman–Crippen MR) is 60.4 cm³/mol. The highest BCUT2D eigenvalue weighted by Gasteiger charge is 2.51. The van der Waals surface area contributed by atoms with Gasteiger partial charge in [-0.05, 0) is 20.8 Å². The van der Waals surface area contributed by atoms with E-state index in [0.29, 0.717) is 6.61 Å². The molecule has 98 valence electrons. The van der Waals surface area contributed by atoms with Crippen LogP contribution in [-0.4, -0.2) is 42.3 Å². The summed E-state index contributed by atoms with van der Waals surface area (Å²) >= 11 is 0. The molecule has 0 aromatic carbocycles. The summed E-state index contributed by atoms with van der Waals surface area (Å²) in [5.74, 6) is -0.795. The highest BCUT2D eigenvalue weighted by molar-refractivity contribution is 6.04. The van der Waals surface area contributed by atoms with E-state index in [-0.39, 0.29) is 31.8 Å². The summed E-state index contributed by atoms with van der Waals surface area (Å²) in [7, 11) is 0. The van der Waals surface area contributed by atoms with Crippen LogP contribution in [0.25, 0.3) is 0 Å². The molecule has 1 saturated heterocycles. The molecule has 0 bridgehead atoms. The number of esters is 1. The van der Waals surface area contributed by atoms with Crippen molar-refractivity contribution >= 4 is 11.8 Å². The van der Waals surface area contributed by atoms with E-state index >= 15 is 0 Å². The normalized spacial score (nSPS) is 25.8.